The van der Waals surface area contributed by atoms with E-state index in [-0.39, 0.29) is 6.04 Å². The summed E-state index contributed by atoms with van der Waals surface area (Å²) in [6.45, 7) is 2.51. The second kappa shape index (κ2) is 7.69. The van der Waals surface area contributed by atoms with Gasteiger partial charge in [-0.15, -0.1) is 0 Å². The summed E-state index contributed by atoms with van der Waals surface area (Å²) in [5.74, 6) is 0.821. The molecule has 2 aromatic rings. The summed E-state index contributed by atoms with van der Waals surface area (Å²) >= 11 is 12.0. The van der Waals surface area contributed by atoms with Gasteiger partial charge in [-0.3, -0.25) is 0 Å². The zero-order valence-corrected chi connectivity index (χ0v) is 13.5. The van der Waals surface area contributed by atoms with Gasteiger partial charge in [-0.1, -0.05) is 48.3 Å². The Morgan fingerprint density at radius 1 is 1.14 bits per heavy atom. The summed E-state index contributed by atoms with van der Waals surface area (Å²) in [6, 6.07) is 13.6. The Morgan fingerprint density at radius 3 is 2.67 bits per heavy atom. The van der Waals surface area contributed by atoms with Gasteiger partial charge in [0.1, 0.15) is 12.4 Å². The van der Waals surface area contributed by atoms with Gasteiger partial charge in [-0.25, -0.2) is 0 Å². The Hall–Kier alpha value is -1.22. The van der Waals surface area contributed by atoms with E-state index >= 15 is 0 Å². The van der Waals surface area contributed by atoms with Gasteiger partial charge in [-0.2, -0.15) is 0 Å². The maximum atomic E-state index is 6.13. The number of halogens is 2. The van der Waals surface area contributed by atoms with Crippen molar-refractivity contribution in [3.8, 4) is 5.75 Å². The topological polar surface area (TPSA) is 35.2 Å². The lowest BCUT2D eigenvalue weighted by Crippen LogP contribution is -2.21. The fraction of sp³-hybridized carbons (Fsp3) is 0.294. The molecular formula is C17H19Cl2NO. The number of ether oxygens (including phenoxy) is 1. The number of hydrogen-bond acceptors (Lipinski definition) is 2. The molecule has 0 spiro atoms. The van der Waals surface area contributed by atoms with Gasteiger partial charge in [-0.05, 0) is 42.7 Å². The van der Waals surface area contributed by atoms with Crippen LogP contribution in [0.1, 0.15) is 24.5 Å². The van der Waals surface area contributed by atoms with Crippen molar-refractivity contribution in [2.24, 2.45) is 5.73 Å². The molecule has 0 aliphatic heterocycles. The number of rotatable bonds is 6. The molecule has 4 heteroatoms. The van der Waals surface area contributed by atoms with E-state index in [2.05, 4.69) is 13.0 Å². The van der Waals surface area contributed by atoms with E-state index in [1.165, 1.54) is 5.56 Å². The molecule has 0 bridgehead atoms. The molecule has 2 rings (SSSR count). The summed E-state index contributed by atoms with van der Waals surface area (Å²) < 4.78 is 5.80. The molecule has 0 heterocycles. The summed E-state index contributed by atoms with van der Waals surface area (Å²) in [5, 5.41) is 1.24. The summed E-state index contributed by atoms with van der Waals surface area (Å²) in [6.07, 6.45) is 1.82. The fourth-order valence-electron chi connectivity index (χ4n) is 2.01. The highest BCUT2D eigenvalue weighted by atomic mass is 35.5. The Kier molecular flexibility index (Phi) is 5.92. The predicted octanol–water partition coefficient (Wildman–Crippen LogP) is 4.85. The molecule has 1 unspecified atom stereocenters. The molecule has 0 aliphatic rings. The van der Waals surface area contributed by atoms with Gasteiger partial charge in [0.05, 0.1) is 0 Å². The van der Waals surface area contributed by atoms with Crippen LogP contribution in [0.4, 0.5) is 0 Å². The molecule has 2 N–H and O–H groups in total. The van der Waals surface area contributed by atoms with Crippen molar-refractivity contribution in [2.45, 2.75) is 32.4 Å². The van der Waals surface area contributed by atoms with E-state index in [1.807, 2.05) is 30.3 Å². The van der Waals surface area contributed by atoms with Crippen molar-refractivity contribution in [2.75, 3.05) is 0 Å². The molecule has 0 saturated heterocycles. The smallest absolute Gasteiger partial charge is 0.120 e. The molecule has 0 aromatic heterocycles. The van der Waals surface area contributed by atoms with E-state index in [0.717, 1.165) is 24.2 Å². The lowest BCUT2D eigenvalue weighted by atomic mass is 10.0. The minimum atomic E-state index is 0.186. The second-order valence-corrected chi connectivity index (χ2v) is 5.89. The third-order valence-electron chi connectivity index (χ3n) is 3.33. The highest BCUT2D eigenvalue weighted by Gasteiger charge is 2.05. The molecule has 1 atom stereocenters. The van der Waals surface area contributed by atoms with Crippen molar-refractivity contribution >= 4 is 23.2 Å². The van der Waals surface area contributed by atoms with Gasteiger partial charge in [0.15, 0.2) is 0 Å². The van der Waals surface area contributed by atoms with Gasteiger partial charge < -0.3 is 10.5 Å². The lowest BCUT2D eigenvalue weighted by Gasteiger charge is -2.11. The van der Waals surface area contributed by atoms with E-state index in [1.54, 1.807) is 6.07 Å². The van der Waals surface area contributed by atoms with Crippen LogP contribution in [0.5, 0.6) is 5.75 Å². The van der Waals surface area contributed by atoms with Crippen LogP contribution < -0.4 is 10.5 Å². The van der Waals surface area contributed by atoms with Crippen LogP contribution >= 0.6 is 23.2 Å². The monoisotopic (exact) mass is 323 g/mol. The zero-order chi connectivity index (χ0) is 15.2. The van der Waals surface area contributed by atoms with Crippen LogP contribution in [0, 0.1) is 0 Å². The standard InChI is InChI=1S/C17H19Cl2NO/c1-2-15(20)8-12-4-3-5-16(9-12)21-11-13-6-7-14(18)10-17(13)19/h3-7,9-10,15H,2,8,11,20H2,1H3. The second-order valence-electron chi connectivity index (χ2n) is 5.04. The van der Waals surface area contributed by atoms with Crippen LogP contribution in [-0.4, -0.2) is 6.04 Å². The van der Waals surface area contributed by atoms with Crippen molar-refractivity contribution in [3.05, 3.63) is 63.6 Å². The molecule has 2 aromatic carbocycles. The molecule has 0 aliphatic carbocycles. The Morgan fingerprint density at radius 2 is 1.95 bits per heavy atom. The quantitative estimate of drug-likeness (QED) is 0.824. The van der Waals surface area contributed by atoms with Crippen molar-refractivity contribution < 1.29 is 4.74 Å². The Labute approximate surface area is 135 Å². The van der Waals surface area contributed by atoms with Crippen LogP contribution in [0.15, 0.2) is 42.5 Å². The van der Waals surface area contributed by atoms with Gasteiger partial charge in [0.25, 0.3) is 0 Å². The molecule has 0 radical (unpaired) electrons. The van der Waals surface area contributed by atoms with Crippen LogP contribution in [0.2, 0.25) is 10.0 Å². The van der Waals surface area contributed by atoms with Crippen molar-refractivity contribution in [1.29, 1.82) is 0 Å². The molecular weight excluding hydrogens is 305 g/mol. The minimum Gasteiger partial charge on any atom is -0.489 e. The van der Waals surface area contributed by atoms with Gasteiger partial charge in [0, 0.05) is 21.7 Å². The first kappa shape index (κ1) is 16.2. The summed E-state index contributed by atoms with van der Waals surface area (Å²) in [4.78, 5) is 0. The van der Waals surface area contributed by atoms with Crippen LogP contribution in [0.25, 0.3) is 0 Å². The third kappa shape index (κ3) is 4.92. The number of nitrogens with two attached hydrogens (primary N) is 1. The van der Waals surface area contributed by atoms with Gasteiger partial charge in [0.2, 0.25) is 0 Å². The van der Waals surface area contributed by atoms with Crippen LogP contribution in [0.3, 0.4) is 0 Å². The first-order valence-electron chi connectivity index (χ1n) is 6.99. The highest BCUT2D eigenvalue weighted by molar-refractivity contribution is 6.35. The molecule has 0 amide bonds. The molecule has 2 nitrogen and oxygen atoms in total. The normalized spacial score (nSPS) is 12.2. The molecule has 112 valence electrons. The Balaban J connectivity index is 2.01. The Bertz CT molecular complexity index is 601. The zero-order valence-electron chi connectivity index (χ0n) is 12.0. The molecule has 0 fully saturated rings. The summed E-state index contributed by atoms with van der Waals surface area (Å²) in [5.41, 5.74) is 8.08. The third-order valence-corrected chi connectivity index (χ3v) is 3.92. The van der Waals surface area contributed by atoms with E-state index < -0.39 is 0 Å². The maximum Gasteiger partial charge on any atom is 0.120 e. The maximum absolute atomic E-state index is 6.13. The first-order chi connectivity index (χ1) is 10.1. The predicted molar refractivity (Wildman–Crippen MR) is 89.2 cm³/mol. The van der Waals surface area contributed by atoms with Crippen molar-refractivity contribution in [1.82, 2.24) is 0 Å². The minimum absolute atomic E-state index is 0.186. The first-order valence-corrected chi connectivity index (χ1v) is 7.75. The largest absolute Gasteiger partial charge is 0.489 e. The van der Waals surface area contributed by atoms with E-state index in [4.69, 9.17) is 33.7 Å². The van der Waals surface area contributed by atoms with Crippen molar-refractivity contribution in [3.63, 3.8) is 0 Å². The lowest BCUT2D eigenvalue weighted by molar-refractivity contribution is 0.306. The van der Waals surface area contributed by atoms with Crippen LogP contribution in [-0.2, 0) is 13.0 Å². The van der Waals surface area contributed by atoms with Gasteiger partial charge >= 0.3 is 0 Å². The average molecular weight is 324 g/mol. The van der Waals surface area contributed by atoms with E-state index in [9.17, 15) is 0 Å². The highest BCUT2D eigenvalue weighted by Crippen LogP contribution is 2.23. The SMILES string of the molecule is CCC(N)Cc1cccc(OCc2ccc(Cl)cc2Cl)c1. The molecule has 0 saturated carbocycles. The summed E-state index contributed by atoms with van der Waals surface area (Å²) in [7, 11) is 0. The van der Waals surface area contributed by atoms with E-state index in [0.29, 0.717) is 16.7 Å². The number of hydrogen-bond donors (Lipinski definition) is 1. The molecule has 21 heavy (non-hydrogen) atoms. The average Bonchev–Trinajstić information content (AvgIpc) is 2.46. The number of benzene rings is 2. The fourth-order valence-corrected chi connectivity index (χ4v) is 2.47.